The van der Waals surface area contributed by atoms with Gasteiger partial charge in [0.25, 0.3) is 5.91 Å². The molecule has 0 unspecified atom stereocenters. The van der Waals surface area contributed by atoms with E-state index in [-0.39, 0.29) is 17.8 Å². The van der Waals surface area contributed by atoms with E-state index in [9.17, 15) is 9.18 Å². The summed E-state index contributed by atoms with van der Waals surface area (Å²) in [6.45, 7) is 1.33. The lowest BCUT2D eigenvalue weighted by Crippen LogP contribution is -2.40. The van der Waals surface area contributed by atoms with Gasteiger partial charge < -0.3 is 9.64 Å². The molecular weight excluding hydrogens is 313 g/mol. The van der Waals surface area contributed by atoms with Crippen LogP contribution in [0, 0.1) is 5.82 Å². The Morgan fingerprint density at radius 1 is 1.43 bits per heavy atom. The Hall–Kier alpha value is -1.17. The first-order chi connectivity index (χ1) is 10.1. The van der Waals surface area contributed by atoms with E-state index in [1.54, 1.807) is 18.1 Å². The van der Waals surface area contributed by atoms with E-state index in [1.165, 1.54) is 23.5 Å². The van der Waals surface area contributed by atoms with Crippen LogP contribution >= 0.6 is 22.9 Å². The summed E-state index contributed by atoms with van der Waals surface area (Å²) < 4.78 is 19.3. The summed E-state index contributed by atoms with van der Waals surface area (Å²) in [6.07, 6.45) is 1.89. The van der Waals surface area contributed by atoms with Crippen LogP contribution in [0.15, 0.2) is 18.2 Å². The van der Waals surface area contributed by atoms with Gasteiger partial charge in [0.05, 0.1) is 11.1 Å². The minimum Gasteiger partial charge on any atom is -0.381 e. The molecule has 2 aromatic rings. The Bertz CT molecular complexity index is 680. The molecule has 3 nitrogen and oxygen atoms in total. The number of carbonyl (C=O) groups excluding carboxylic acids is 1. The van der Waals surface area contributed by atoms with Crippen molar-refractivity contribution in [3.8, 4) is 0 Å². The number of methoxy groups -OCH3 is 1. The van der Waals surface area contributed by atoms with Crippen molar-refractivity contribution in [3.05, 3.63) is 33.9 Å². The lowest BCUT2D eigenvalue weighted by molar-refractivity contribution is 0.0353. The highest BCUT2D eigenvalue weighted by Crippen LogP contribution is 2.36. The number of rotatable bonds is 2. The minimum atomic E-state index is -0.319. The SMILES string of the molecule is COC1CCN(C(=O)c2sc3cc(F)ccc3c2Cl)CC1. The van der Waals surface area contributed by atoms with Gasteiger partial charge >= 0.3 is 0 Å². The molecule has 0 radical (unpaired) electrons. The van der Waals surface area contributed by atoms with Gasteiger partial charge in [-0.3, -0.25) is 4.79 Å². The van der Waals surface area contributed by atoms with E-state index in [2.05, 4.69) is 0 Å². The summed E-state index contributed by atoms with van der Waals surface area (Å²) in [7, 11) is 1.69. The molecule has 1 aromatic heterocycles. The van der Waals surface area contributed by atoms with Gasteiger partial charge in [0.15, 0.2) is 0 Å². The fourth-order valence-electron chi connectivity index (χ4n) is 2.61. The largest absolute Gasteiger partial charge is 0.381 e. The number of benzene rings is 1. The number of nitrogens with zero attached hydrogens (tertiary/aromatic N) is 1. The molecule has 0 bridgehead atoms. The fraction of sp³-hybridized carbons (Fsp3) is 0.400. The molecule has 21 heavy (non-hydrogen) atoms. The molecule has 2 heterocycles. The Balaban J connectivity index is 1.86. The summed E-state index contributed by atoms with van der Waals surface area (Å²) >= 11 is 7.55. The van der Waals surface area contributed by atoms with Crippen LogP contribution < -0.4 is 0 Å². The number of halogens is 2. The maximum Gasteiger partial charge on any atom is 0.265 e. The Kier molecular flexibility index (Phi) is 4.15. The van der Waals surface area contributed by atoms with Crippen LogP contribution in [-0.4, -0.2) is 37.1 Å². The molecule has 1 amide bonds. The first-order valence-corrected chi connectivity index (χ1v) is 7.99. The summed E-state index contributed by atoms with van der Waals surface area (Å²) in [5, 5.41) is 1.16. The molecule has 6 heteroatoms. The number of carbonyl (C=O) groups is 1. The normalized spacial score (nSPS) is 16.6. The number of amides is 1. The van der Waals surface area contributed by atoms with Crippen LogP contribution in [0.25, 0.3) is 10.1 Å². The maximum absolute atomic E-state index is 13.3. The molecule has 1 aliphatic heterocycles. The third kappa shape index (κ3) is 2.78. The Morgan fingerprint density at radius 3 is 2.81 bits per heavy atom. The van der Waals surface area contributed by atoms with Gasteiger partial charge in [-0.25, -0.2) is 4.39 Å². The maximum atomic E-state index is 13.3. The lowest BCUT2D eigenvalue weighted by Gasteiger charge is -2.31. The van der Waals surface area contributed by atoms with Gasteiger partial charge in [0.2, 0.25) is 0 Å². The molecule has 3 rings (SSSR count). The van der Waals surface area contributed by atoms with E-state index in [4.69, 9.17) is 16.3 Å². The van der Waals surface area contributed by atoms with Crippen molar-refractivity contribution in [2.24, 2.45) is 0 Å². The highest BCUT2D eigenvalue weighted by Gasteiger charge is 2.26. The molecular formula is C15H15ClFNO2S. The zero-order chi connectivity index (χ0) is 15.0. The summed E-state index contributed by atoms with van der Waals surface area (Å²) in [5.74, 6) is -0.392. The predicted molar refractivity (Wildman–Crippen MR) is 82.7 cm³/mol. The second-order valence-electron chi connectivity index (χ2n) is 5.11. The van der Waals surface area contributed by atoms with Crippen molar-refractivity contribution < 1.29 is 13.9 Å². The van der Waals surface area contributed by atoms with Gasteiger partial charge in [-0.2, -0.15) is 0 Å². The second kappa shape index (κ2) is 5.91. The zero-order valence-corrected chi connectivity index (χ0v) is 13.1. The molecule has 0 aliphatic carbocycles. The highest BCUT2D eigenvalue weighted by atomic mass is 35.5. The number of hydrogen-bond acceptors (Lipinski definition) is 3. The molecule has 0 spiro atoms. The lowest BCUT2D eigenvalue weighted by atomic mass is 10.1. The molecule has 1 aromatic carbocycles. The van der Waals surface area contributed by atoms with Gasteiger partial charge in [0, 0.05) is 30.3 Å². The zero-order valence-electron chi connectivity index (χ0n) is 11.6. The Labute approximate surface area is 131 Å². The fourth-order valence-corrected chi connectivity index (χ4v) is 4.12. The number of thiophene rings is 1. The number of piperidine rings is 1. The average Bonchev–Trinajstić information content (AvgIpc) is 2.83. The Morgan fingerprint density at radius 2 is 2.14 bits per heavy atom. The summed E-state index contributed by atoms with van der Waals surface area (Å²) in [5.41, 5.74) is 0. The van der Waals surface area contributed by atoms with Crippen molar-refractivity contribution in [2.75, 3.05) is 20.2 Å². The van der Waals surface area contributed by atoms with Crippen molar-refractivity contribution >= 4 is 38.9 Å². The number of likely N-dealkylation sites (tertiary alicyclic amines) is 1. The standard InChI is InChI=1S/C15H15ClFNO2S/c1-20-10-4-6-18(7-5-10)15(19)14-13(16)11-3-2-9(17)8-12(11)21-14/h2-3,8,10H,4-7H2,1H3. The van der Waals surface area contributed by atoms with Crippen LogP contribution in [0.4, 0.5) is 4.39 Å². The summed E-state index contributed by atoms with van der Waals surface area (Å²) in [4.78, 5) is 14.9. The molecule has 112 valence electrons. The number of ether oxygens (including phenoxy) is 1. The first kappa shape index (κ1) is 14.8. The minimum absolute atomic E-state index is 0.0730. The number of hydrogen-bond donors (Lipinski definition) is 0. The quantitative estimate of drug-likeness (QED) is 0.836. The molecule has 0 atom stereocenters. The second-order valence-corrected chi connectivity index (χ2v) is 6.54. The predicted octanol–water partition coefficient (Wildman–Crippen LogP) is 3.94. The van der Waals surface area contributed by atoms with Gasteiger partial charge in [-0.05, 0) is 31.0 Å². The van der Waals surface area contributed by atoms with E-state index in [1.807, 2.05) is 0 Å². The van der Waals surface area contributed by atoms with Crippen LogP contribution in [0.3, 0.4) is 0 Å². The molecule has 1 fully saturated rings. The van der Waals surface area contributed by atoms with Crippen molar-refractivity contribution in [1.82, 2.24) is 4.90 Å². The van der Waals surface area contributed by atoms with Crippen LogP contribution in [0.2, 0.25) is 5.02 Å². The van der Waals surface area contributed by atoms with Crippen LogP contribution in [0.5, 0.6) is 0 Å². The topological polar surface area (TPSA) is 29.5 Å². The van der Waals surface area contributed by atoms with Crippen molar-refractivity contribution in [2.45, 2.75) is 18.9 Å². The van der Waals surface area contributed by atoms with Crippen molar-refractivity contribution in [3.63, 3.8) is 0 Å². The highest BCUT2D eigenvalue weighted by molar-refractivity contribution is 7.21. The molecule has 1 aliphatic rings. The first-order valence-electron chi connectivity index (χ1n) is 6.79. The summed E-state index contributed by atoms with van der Waals surface area (Å²) in [6, 6.07) is 4.40. The third-order valence-corrected chi connectivity index (χ3v) is 5.49. The van der Waals surface area contributed by atoms with Gasteiger partial charge in [0.1, 0.15) is 10.7 Å². The van der Waals surface area contributed by atoms with E-state index >= 15 is 0 Å². The van der Waals surface area contributed by atoms with Gasteiger partial charge in [-0.1, -0.05) is 11.6 Å². The van der Waals surface area contributed by atoms with Gasteiger partial charge in [-0.15, -0.1) is 11.3 Å². The average molecular weight is 328 g/mol. The monoisotopic (exact) mass is 327 g/mol. The van der Waals surface area contributed by atoms with E-state index < -0.39 is 0 Å². The molecule has 0 saturated carbocycles. The van der Waals surface area contributed by atoms with Crippen LogP contribution in [-0.2, 0) is 4.74 Å². The van der Waals surface area contributed by atoms with E-state index in [0.717, 1.165) is 18.2 Å². The van der Waals surface area contributed by atoms with Crippen molar-refractivity contribution in [1.29, 1.82) is 0 Å². The third-order valence-electron chi connectivity index (χ3n) is 3.85. The number of fused-ring (bicyclic) bond motifs is 1. The molecule has 1 saturated heterocycles. The van der Waals surface area contributed by atoms with Crippen LogP contribution in [0.1, 0.15) is 22.5 Å². The van der Waals surface area contributed by atoms with E-state index in [0.29, 0.717) is 27.7 Å². The smallest absolute Gasteiger partial charge is 0.265 e. The molecule has 0 N–H and O–H groups in total.